The Morgan fingerprint density at radius 3 is 2.87 bits per heavy atom. The number of likely N-dealkylation sites (N-methyl/N-ethyl adjacent to an activating group) is 1. The van der Waals surface area contributed by atoms with E-state index in [1.165, 1.54) is 0 Å². The molecule has 7 heteroatoms. The Morgan fingerprint density at radius 2 is 2.13 bits per heavy atom. The normalized spacial score (nSPS) is 21.4. The number of hydrogen-bond donors (Lipinski definition) is 1. The molecule has 5 nitrogen and oxygen atoms in total. The quantitative estimate of drug-likeness (QED) is 0.848. The van der Waals surface area contributed by atoms with Crippen LogP contribution in [0.5, 0.6) is 5.75 Å². The maximum atomic E-state index is 12.5. The van der Waals surface area contributed by atoms with Gasteiger partial charge in [0.15, 0.2) is 5.82 Å². The second kappa shape index (κ2) is 6.62. The first-order valence-electron chi connectivity index (χ1n) is 7.62. The summed E-state index contributed by atoms with van der Waals surface area (Å²) in [5, 5.41) is 7.11. The third-order valence-electron chi connectivity index (χ3n) is 4.11. The van der Waals surface area contributed by atoms with Crippen LogP contribution in [-0.2, 0) is 6.42 Å². The molecule has 1 fully saturated rings. The molecule has 1 aromatic heterocycles. The van der Waals surface area contributed by atoms with Crippen LogP contribution in [0.1, 0.15) is 42.5 Å². The first-order chi connectivity index (χ1) is 11.1. The standard InChI is InChI=1S/C16H19F2N3O2/c1-9(19-2)7-14-20-15(23-21-14)12-8-11(12)10-5-3-4-6-13(10)22-16(17)18/h3-6,9,11-12,16,19H,7-8H2,1-2H3. The number of hydrogen-bond acceptors (Lipinski definition) is 5. The molecule has 1 N–H and O–H groups in total. The summed E-state index contributed by atoms with van der Waals surface area (Å²) < 4.78 is 34.9. The van der Waals surface area contributed by atoms with Crippen LogP contribution in [0.2, 0.25) is 0 Å². The number of benzene rings is 1. The number of halogens is 2. The van der Waals surface area contributed by atoms with Crippen molar-refractivity contribution < 1.29 is 18.0 Å². The SMILES string of the molecule is CNC(C)Cc1noc(C2CC2c2ccccc2OC(F)F)n1. The Balaban J connectivity index is 1.70. The van der Waals surface area contributed by atoms with Crippen molar-refractivity contribution >= 4 is 0 Å². The number of nitrogens with one attached hydrogen (secondary N) is 1. The molecule has 3 rings (SSSR count). The molecule has 0 saturated heterocycles. The van der Waals surface area contributed by atoms with E-state index in [1.54, 1.807) is 12.1 Å². The van der Waals surface area contributed by atoms with Crippen LogP contribution in [0.25, 0.3) is 0 Å². The molecule has 0 aliphatic heterocycles. The molecular formula is C16H19F2N3O2. The Bertz CT molecular complexity index is 662. The highest BCUT2D eigenvalue weighted by Crippen LogP contribution is 2.56. The molecule has 3 atom stereocenters. The van der Waals surface area contributed by atoms with Crippen LogP contribution in [0, 0.1) is 0 Å². The topological polar surface area (TPSA) is 60.2 Å². The predicted molar refractivity (Wildman–Crippen MR) is 79.7 cm³/mol. The molecule has 1 aliphatic carbocycles. The van der Waals surface area contributed by atoms with Gasteiger partial charge >= 0.3 is 6.61 Å². The average Bonchev–Trinajstić information content (AvgIpc) is 3.19. The fourth-order valence-corrected chi connectivity index (χ4v) is 2.68. The second-order valence-electron chi connectivity index (χ2n) is 5.81. The van der Waals surface area contributed by atoms with Gasteiger partial charge in [0.2, 0.25) is 5.89 Å². The maximum absolute atomic E-state index is 12.5. The summed E-state index contributed by atoms with van der Waals surface area (Å²) in [5.74, 6) is 1.60. The van der Waals surface area contributed by atoms with Gasteiger partial charge in [-0.3, -0.25) is 0 Å². The van der Waals surface area contributed by atoms with Crippen molar-refractivity contribution in [3.63, 3.8) is 0 Å². The van der Waals surface area contributed by atoms with Crippen molar-refractivity contribution in [3.05, 3.63) is 41.5 Å². The molecule has 2 aromatic rings. The highest BCUT2D eigenvalue weighted by atomic mass is 19.3. The molecule has 1 aromatic carbocycles. The summed E-state index contributed by atoms with van der Waals surface area (Å²) in [6.07, 6.45) is 1.48. The van der Waals surface area contributed by atoms with E-state index in [1.807, 2.05) is 26.1 Å². The molecular weight excluding hydrogens is 304 g/mol. The van der Waals surface area contributed by atoms with Crippen molar-refractivity contribution in [2.24, 2.45) is 0 Å². The molecule has 124 valence electrons. The van der Waals surface area contributed by atoms with Gasteiger partial charge in [-0.1, -0.05) is 23.4 Å². The zero-order valence-corrected chi connectivity index (χ0v) is 13.0. The van der Waals surface area contributed by atoms with Crippen LogP contribution < -0.4 is 10.1 Å². The number of ether oxygens (including phenoxy) is 1. The molecule has 1 saturated carbocycles. The van der Waals surface area contributed by atoms with Crippen molar-refractivity contribution in [1.29, 1.82) is 0 Å². The molecule has 1 aliphatic rings. The van der Waals surface area contributed by atoms with Crippen LogP contribution in [-0.4, -0.2) is 29.8 Å². The summed E-state index contributed by atoms with van der Waals surface area (Å²) in [6, 6.07) is 7.13. The van der Waals surface area contributed by atoms with Gasteiger partial charge in [0.1, 0.15) is 5.75 Å². The van der Waals surface area contributed by atoms with Crippen LogP contribution in [0.3, 0.4) is 0 Å². The van der Waals surface area contributed by atoms with Gasteiger partial charge in [-0.15, -0.1) is 0 Å². The highest BCUT2D eigenvalue weighted by Gasteiger charge is 2.45. The average molecular weight is 323 g/mol. The molecule has 0 spiro atoms. The first kappa shape index (κ1) is 15.9. The zero-order valence-electron chi connectivity index (χ0n) is 13.0. The van der Waals surface area contributed by atoms with Crippen LogP contribution in [0.4, 0.5) is 8.78 Å². The fraction of sp³-hybridized carbons (Fsp3) is 0.500. The van der Waals surface area contributed by atoms with E-state index >= 15 is 0 Å². The van der Waals surface area contributed by atoms with Gasteiger partial charge in [0, 0.05) is 18.4 Å². The van der Waals surface area contributed by atoms with Gasteiger partial charge in [0.05, 0.1) is 0 Å². The number of para-hydroxylation sites is 1. The van der Waals surface area contributed by atoms with Gasteiger partial charge in [-0.2, -0.15) is 13.8 Å². The summed E-state index contributed by atoms with van der Waals surface area (Å²) in [5.41, 5.74) is 0.765. The van der Waals surface area contributed by atoms with E-state index in [4.69, 9.17) is 4.52 Å². The van der Waals surface area contributed by atoms with Crippen molar-refractivity contribution in [2.75, 3.05) is 7.05 Å². The number of aromatic nitrogens is 2. The molecule has 0 radical (unpaired) electrons. The Labute approximate surface area is 133 Å². The number of nitrogens with zero attached hydrogens (tertiary/aromatic N) is 2. The smallest absolute Gasteiger partial charge is 0.387 e. The zero-order chi connectivity index (χ0) is 16.4. The number of alkyl halides is 2. The highest BCUT2D eigenvalue weighted by molar-refractivity contribution is 5.42. The van der Waals surface area contributed by atoms with Crippen LogP contribution >= 0.6 is 0 Å². The summed E-state index contributed by atoms with van der Waals surface area (Å²) in [4.78, 5) is 4.42. The lowest BCUT2D eigenvalue weighted by Crippen LogP contribution is -2.24. The van der Waals surface area contributed by atoms with Crippen molar-refractivity contribution in [1.82, 2.24) is 15.5 Å². The number of rotatable bonds is 7. The summed E-state index contributed by atoms with van der Waals surface area (Å²) >= 11 is 0. The van der Waals surface area contributed by atoms with E-state index in [0.717, 1.165) is 12.0 Å². The lowest BCUT2D eigenvalue weighted by molar-refractivity contribution is -0.0504. The summed E-state index contributed by atoms with van der Waals surface area (Å²) in [6.45, 7) is -0.792. The predicted octanol–water partition coefficient (Wildman–Crippen LogP) is 3.09. The van der Waals surface area contributed by atoms with Gasteiger partial charge in [0.25, 0.3) is 0 Å². The van der Waals surface area contributed by atoms with E-state index in [2.05, 4.69) is 20.2 Å². The minimum Gasteiger partial charge on any atom is -0.435 e. The van der Waals surface area contributed by atoms with E-state index < -0.39 is 6.61 Å². The third kappa shape index (κ3) is 3.67. The Morgan fingerprint density at radius 1 is 1.35 bits per heavy atom. The van der Waals surface area contributed by atoms with Gasteiger partial charge < -0.3 is 14.6 Å². The Hall–Kier alpha value is -2.02. The second-order valence-corrected chi connectivity index (χ2v) is 5.81. The lowest BCUT2D eigenvalue weighted by atomic mass is 10.1. The van der Waals surface area contributed by atoms with Crippen molar-refractivity contribution in [3.8, 4) is 5.75 Å². The molecule has 3 unspecified atom stereocenters. The van der Waals surface area contributed by atoms with E-state index in [0.29, 0.717) is 18.1 Å². The monoisotopic (exact) mass is 323 g/mol. The molecule has 23 heavy (non-hydrogen) atoms. The lowest BCUT2D eigenvalue weighted by Gasteiger charge is -2.09. The fourth-order valence-electron chi connectivity index (χ4n) is 2.68. The summed E-state index contributed by atoms with van der Waals surface area (Å²) in [7, 11) is 1.88. The third-order valence-corrected chi connectivity index (χ3v) is 4.11. The van der Waals surface area contributed by atoms with Gasteiger partial charge in [-0.05, 0) is 37.9 Å². The minimum absolute atomic E-state index is 0.0727. The molecule has 0 amide bonds. The maximum Gasteiger partial charge on any atom is 0.387 e. The van der Waals surface area contributed by atoms with E-state index in [-0.39, 0.29) is 23.6 Å². The minimum atomic E-state index is -2.83. The van der Waals surface area contributed by atoms with E-state index in [9.17, 15) is 8.78 Å². The largest absolute Gasteiger partial charge is 0.435 e. The Kier molecular flexibility index (Phi) is 4.56. The molecule has 1 heterocycles. The van der Waals surface area contributed by atoms with Crippen molar-refractivity contribution in [2.45, 2.75) is 44.3 Å². The van der Waals surface area contributed by atoms with Gasteiger partial charge in [-0.25, -0.2) is 0 Å². The first-order valence-corrected chi connectivity index (χ1v) is 7.62. The molecule has 0 bridgehead atoms. The van der Waals surface area contributed by atoms with Crippen LogP contribution in [0.15, 0.2) is 28.8 Å².